The Kier molecular flexibility index (Phi) is 55.3. The first-order chi connectivity index (χ1) is 39.7. The summed E-state index contributed by atoms with van der Waals surface area (Å²) in [5.74, 6) is -1.18. The van der Waals surface area contributed by atoms with Crippen LogP contribution in [0.4, 0.5) is 0 Å². The number of ether oxygens (including phenoxy) is 3. The molecule has 1 saturated heterocycles. The van der Waals surface area contributed by atoms with E-state index in [-0.39, 0.29) is 13.0 Å². The zero-order valence-corrected chi connectivity index (χ0v) is 52.9. The predicted molar refractivity (Wildman–Crippen MR) is 338 cm³/mol. The predicted octanol–water partition coefficient (Wildman–Crippen LogP) is 17.4. The van der Waals surface area contributed by atoms with Gasteiger partial charge in [0, 0.05) is 6.42 Å². The van der Waals surface area contributed by atoms with Crippen LogP contribution in [0.2, 0.25) is 0 Å². The summed E-state index contributed by atoms with van der Waals surface area (Å²) in [6, 6.07) is -1.02. The molecule has 1 aliphatic rings. The molecule has 0 saturated carbocycles. The van der Waals surface area contributed by atoms with Gasteiger partial charge in [-0.2, -0.15) is 0 Å². The number of aliphatic hydroxyl groups is 5. The van der Waals surface area contributed by atoms with E-state index in [2.05, 4.69) is 50.4 Å². The molecule has 8 atom stereocenters. The third-order valence-electron chi connectivity index (χ3n) is 16.5. The number of carbonyl (C=O) groups excluding carboxylic acids is 2. The van der Waals surface area contributed by atoms with Gasteiger partial charge in [0.25, 0.3) is 0 Å². The normalized spacial score (nSPS) is 18.8. The quantitative estimate of drug-likeness (QED) is 0.0195. The van der Waals surface area contributed by atoms with E-state index in [1.807, 2.05) is 6.08 Å². The minimum absolute atomic E-state index is 0.129. The van der Waals surface area contributed by atoms with E-state index >= 15 is 0 Å². The lowest BCUT2D eigenvalue weighted by atomic mass is 9.99. The number of allylic oxidation sites excluding steroid dienone is 5. The van der Waals surface area contributed by atoms with Gasteiger partial charge >= 0.3 is 5.97 Å². The van der Waals surface area contributed by atoms with Crippen LogP contribution in [0.15, 0.2) is 36.5 Å². The van der Waals surface area contributed by atoms with Crippen LogP contribution >= 0.6 is 0 Å². The second-order valence-corrected chi connectivity index (χ2v) is 24.3. The summed E-state index contributed by atoms with van der Waals surface area (Å²) in [5, 5.41) is 57.1. The lowest BCUT2D eigenvalue weighted by Crippen LogP contribution is -2.61. The number of aliphatic hydroxyl groups excluding tert-OH is 5. The summed E-state index contributed by atoms with van der Waals surface area (Å²) in [5.41, 5.74) is 0. The summed E-state index contributed by atoms with van der Waals surface area (Å²) in [4.78, 5) is 26.6. The molecule has 0 bridgehead atoms. The van der Waals surface area contributed by atoms with Crippen molar-refractivity contribution in [3.63, 3.8) is 0 Å². The maximum atomic E-state index is 13.5. The lowest BCUT2D eigenvalue weighted by Gasteiger charge is -2.41. The average molecular weight is 1150 g/mol. The number of hydrogen-bond donors (Lipinski definition) is 6. The Labute approximate surface area is 498 Å². The van der Waals surface area contributed by atoms with Gasteiger partial charge in [0.15, 0.2) is 12.4 Å². The highest BCUT2D eigenvalue weighted by molar-refractivity contribution is 5.80. The van der Waals surface area contributed by atoms with E-state index in [1.165, 1.54) is 225 Å². The molecule has 81 heavy (non-hydrogen) atoms. The molecule has 1 fully saturated rings. The molecule has 11 heteroatoms. The van der Waals surface area contributed by atoms with Crippen LogP contribution in [0.3, 0.4) is 0 Å². The van der Waals surface area contributed by atoms with Crippen molar-refractivity contribution < 1.29 is 49.3 Å². The standard InChI is InChI=1S/C70H131NO10/c1-4-7-10-13-16-19-22-24-26-28-29-30-31-32-33-34-36-37-39-42-45-48-51-54-57-63(74)69(78)71-61(62(73)56-53-50-47-44-41-21-18-15-12-9-6-3)60-79-70-68(67(77)66(76)64(59-72)80-70)81-65(75)58-55-52-49-46-43-40-38-35-27-25-23-20-17-14-11-8-5-2/h16,19,24,26,53,56,61-64,66-68,70,72-74,76-77H,4-15,17-18,20-23,25,27-52,54-55,57-60H2,1-3H3,(H,71,78)/b19-16-,26-24-,56-53+. The zero-order chi connectivity index (χ0) is 58.9. The fourth-order valence-electron chi connectivity index (χ4n) is 11.0. The number of nitrogens with one attached hydrogen (secondary N) is 1. The highest BCUT2D eigenvalue weighted by atomic mass is 16.7. The summed E-state index contributed by atoms with van der Waals surface area (Å²) in [6.07, 6.45) is 60.5. The van der Waals surface area contributed by atoms with E-state index in [0.717, 1.165) is 64.2 Å². The van der Waals surface area contributed by atoms with E-state index in [4.69, 9.17) is 14.2 Å². The first-order valence-electron chi connectivity index (χ1n) is 34.8. The van der Waals surface area contributed by atoms with Crippen molar-refractivity contribution in [2.45, 2.75) is 384 Å². The smallest absolute Gasteiger partial charge is 0.306 e. The Hall–Kier alpha value is -2.12. The summed E-state index contributed by atoms with van der Waals surface area (Å²) in [6.45, 7) is 5.80. The summed E-state index contributed by atoms with van der Waals surface area (Å²) < 4.78 is 17.7. The molecule has 0 radical (unpaired) electrons. The number of rotatable bonds is 60. The second-order valence-electron chi connectivity index (χ2n) is 24.3. The number of esters is 1. The third-order valence-corrected chi connectivity index (χ3v) is 16.5. The minimum Gasteiger partial charge on any atom is -0.454 e. The topological polar surface area (TPSA) is 175 Å². The van der Waals surface area contributed by atoms with Gasteiger partial charge in [-0.1, -0.05) is 308 Å². The number of unbranched alkanes of at least 4 members (excludes halogenated alkanes) is 42. The molecule has 6 N–H and O–H groups in total. The van der Waals surface area contributed by atoms with E-state index < -0.39 is 67.4 Å². The maximum Gasteiger partial charge on any atom is 0.306 e. The molecule has 1 aliphatic heterocycles. The van der Waals surface area contributed by atoms with E-state index in [9.17, 15) is 35.1 Å². The van der Waals surface area contributed by atoms with Gasteiger partial charge < -0.3 is 45.1 Å². The Bertz CT molecular complexity index is 1460. The fraction of sp³-hybridized carbons (Fsp3) is 0.886. The Morgan fingerprint density at radius 2 is 0.852 bits per heavy atom. The third kappa shape index (κ3) is 45.9. The van der Waals surface area contributed by atoms with E-state index in [1.54, 1.807) is 6.08 Å². The lowest BCUT2D eigenvalue weighted by molar-refractivity contribution is -0.305. The minimum atomic E-state index is -1.61. The number of carbonyl (C=O) groups is 2. The van der Waals surface area contributed by atoms with Crippen molar-refractivity contribution in [3.05, 3.63) is 36.5 Å². The van der Waals surface area contributed by atoms with Crippen molar-refractivity contribution in [2.75, 3.05) is 13.2 Å². The average Bonchev–Trinajstić information content (AvgIpc) is 3.50. The van der Waals surface area contributed by atoms with Crippen LogP contribution in [-0.2, 0) is 23.8 Å². The monoisotopic (exact) mass is 1150 g/mol. The largest absolute Gasteiger partial charge is 0.454 e. The van der Waals surface area contributed by atoms with Gasteiger partial charge in [-0.05, 0) is 57.8 Å². The highest BCUT2D eigenvalue weighted by Crippen LogP contribution is 2.26. The number of hydrogen-bond acceptors (Lipinski definition) is 10. The molecule has 0 aromatic carbocycles. The summed E-state index contributed by atoms with van der Waals surface area (Å²) >= 11 is 0. The van der Waals surface area contributed by atoms with Gasteiger partial charge in [0.1, 0.15) is 24.4 Å². The fourth-order valence-corrected chi connectivity index (χ4v) is 11.0. The molecule has 1 rings (SSSR count). The van der Waals surface area contributed by atoms with Crippen LogP contribution in [0.1, 0.15) is 335 Å². The van der Waals surface area contributed by atoms with Crippen molar-refractivity contribution in [3.8, 4) is 0 Å². The molecular formula is C70H131NO10. The van der Waals surface area contributed by atoms with Gasteiger partial charge in [-0.25, -0.2) is 0 Å². The Morgan fingerprint density at radius 1 is 0.481 bits per heavy atom. The molecule has 476 valence electrons. The van der Waals surface area contributed by atoms with Gasteiger partial charge in [-0.3, -0.25) is 9.59 Å². The van der Waals surface area contributed by atoms with Crippen molar-refractivity contribution in [1.29, 1.82) is 0 Å². The summed E-state index contributed by atoms with van der Waals surface area (Å²) in [7, 11) is 0. The van der Waals surface area contributed by atoms with Crippen LogP contribution in [-0.4, -0.2) is 99.6 Å². The first kappa shape index (κ1) is 76.9. The number of amides is 1. The highest BCUT2D eigenvalue weighted by Gasteiger charge is 2.47. The zero-order valence-electron chi connectivity index (χ0n) is 52.9. The molecule has 1 amide bonds. The Morgan fingerprint density at radius 3 is 1.28 bits per heavy atom. The van der Waals surface area contributed by atoms with Crippen molar-refractivity contribution in [1.82, 2.24) is 5.32 Å². The molecule has 11 nitrogen and oxygen atoms in total. The van der Waals surface area contributed by atoms with Crippen LogP contribution < -0.4 is 5.32 Å². The van der Waals surface area contributed by atoms with Crippen LogP contribution in [0.5, 0.6) is 0 Å². The van der Waals surface area contributed by atoms with Gasteiger partial charge in [0.05, 0.1) is 25.4 Å². The van der Waals surface area contributed by atoms with Crippen molar-refractivity contribution in [2.24, 2.45) is 0 Å². The maximum absolute atomic E-state index is 13.5. The molecule has 0 spiro atoms. The molecule has 0 aliphatic carbocycles. The SMILES string of the molecule is CCCCC/C=C\C/C=C\CCCCCCCCCCCCCCCCC(O)C(=O)NC(COC1OC(CO)C(O)C(O)C1OC(=O)CCCCCCCCCCCCCCCCCCC)C(O)/C=C/CCCCCCCCCCC. The Balaban J connectivity index is 2.56. The molecule has 1 heterocycles. The van der Waals surface area contributed by atoms with Gasteiger partial charge in [0.2, 0.25) is 5.91 Å². The van der Waals surface area contributed by atoms with Crippen LogP contribution in [0.25, 0.3) is 0 Å². The van der Waals surface area contributed by atoms with Crippen molar-refractivity contribution >= 4 is 11.9 Å². The molecule has 8 unspecified atom stereocenters. The molecular weight excluding hydrogens is 1010 g/mol. The van der Waals surface area contributed by atoms with E-state index in [0.29, 0.717) is 19.3 Å². The molecule has 0 aromatic rings. The first-order valence-corrected chi connectivity index (χ1v) is 34.8. The second kappa shape index (κ2) is 58.3. The van der Waals surface area contributed by atoms with Gasteiger partial charge in [-0.15, -0.1) is 0 Å². The molecule has 0 aromatic heterocycles. The van der Waals surface area contributed by atoms with Crippen LogP contribution in [0, 0.1) is 0 Å².